The summed E-state index contributed by atoms with van der Waals surface area (Å²) in [6, 6.07) is 3.59. The highest BCUT2D eigenvalue weighted by atomic mass is 16.5. The molecule has 2 aromatic rings. The Morgan fingerprint density at radius 2 is 2.10 bits per heavy atom. The predicted molar refractivity (Wildman–Crippen MR) is 78.5 cm³/mol. The molecule has 2 rings (SSSR count). The highest BCUT2D eigenvalue weighted by Crippen LogP contribution is 2.19. The van der Waals surface area contributed by atoms with Crippen molar-refractivity contribution in [3.63, 3.8) is 0 Å². The summed E-state index contributed by atoms with van der Waals surface area (Å²) in [6.07, 6.45) is 3.44. The van der Waals surface area contributed by atoms with Crippen LogP contribution in [0.5, 0.6) is 0 Å². The summed E-state index contributed by atoms with van der Waals surface area (Å²) in [5, 5.41) is 0. The molecule has 5 heteroatoms. The van der Waals surface area contributed by atoms with Crippen LogP contribution in [0.4, 0.5) is 0 Å². The lowest BCUT2D eigenvalue weighted by molar-refractivity contribution is 0.0526. The van der Waals surface area contributed by atoms with Gasteiger partial charge in [-0.05, 0) is 26.0 Å². The zero-order valence-electron chi connectivity index (χ0n) is 12.7. The first kappa shape index (κ1) is 15.9. The summed E-state index contributed by atoms with van der Waals surface area (Å²) in [5.41, 5.74) is 2.19. The zero-order valence-corrected chi connectivity index (χ0v) is 12.7. The van der Waals surface area contributed by atoms with E-state index in [-0.39, 0.29) is 5.97 Å². The van der Waals surface area contributed by atoms with Gasteiger partial charge in [0.1, 0.15) is 5.82 Å². The van der Waals surface area contributed by atoms with Gasteiger partial charge in [0.25, 0.3) is 0 Å². The van der Waals surface area contributed by atoms with E-state index in [0.29, 0.717) is 18.0 Å². The van der Waals surface area contributed by atoms with E-state index in [0.717, 1.165) is 11.4 Å². The van der Waals surface area contributed by atoms with Gasteiger partial charge in [0.15, 0.2) is 0 Å². The molecule has 0 spiro atoms. The van der Waals surface area contributed by atoms with Crippen molar-refractivity contribution < 1.29 is 9.53 Å². The maximum Gasteiger partial charge on any atom is 0.339 e. The lowest BCUT2D eigenvalue weighted by Gasteiger charge is -2.01. The van der Waals surface area contributed by atoms with Crippen LogP contribution in [0, 0.1) is 6.92 Å². The first-order chi connectivity index (χ1) is 9.61. The van der Waals surface area contributed by atoms with Gasteiger partial charge in [-0.3, -0.25) is 0 Å². The fourth-order valence-corrected chi connectivity index (χ4v) is 1.74. The number of aromatic nitrogens is 3. The lowest BCUT2D eigenvalue weighted by Crippen LogP contribution is -2.02. The van der Waals surface area contributed by atoms with E-state index in [1.165, 1.54) is 0 Å². The number of nitrogens with zero attached hydrogens (tertiary/aromatic N) is 3. The first-order valence-electron chi connectivity index (χ1n) is 6.75. The fraction of sp³-hybridized carbons (Fsp3) is 0.400. The number of hydrogen-bond donors (Lipinski definition) is 0. The second-order valence-electron chi connectivity index (χ2n) is 3.93. The molecule has 0 N–H and O–H groups in total. The topological polar surface area (TPSA) is 57.0 Å². The van der Waals surface area contributed by atoms with E-state index in [9.17, 15) is 4.79 Å². The Kier molecular flexibility index (Phi) is 5.90. The quantitative estimate of drug-likeness (QED) is 0.808. The minimum atomic E-state index is -0.315. The van der Waals surface area contributed by atoms with Crippen molar-refractivity contribution in [2.24, 2.45) is 7.05 Å². The summed E-state index contributed by atoms with van der Waals surface area (Å²) in [5.74, 6) is 0.386. The van der Waals surface area contributed by atoms with Gasteiger partial charge in [-0.25, -0.2) is 14.8 Å². The van der Waals surface area contributed by atoms with E-state index < -0.39 is 0 Å². The maximum atomic E-state index is 11.6. The average Bonchev–Trinajstić information content (AvgIpc) is 2.83. The minimum Gasteiger partial charge on any atom is -0.462 e. The molecule has 0 aromatic carbocycles. The smallest absolute Gasteiger partial charge is 0.339 e. The second-order valence-corrected chi connectivity index (χ2v) is 3.93. The molecule has 0 amide bonds. The number of ether oxygens (including phenoxy) is 1. The Morgan fingerprint density at radius 3 is 2.70 bits per heavy atom. The van der Waals surface area contributed by atoms with Crippen LogP contribution < -0.4 is 0 Å². The number of esters is 1. The Labute approximate surface area is 119 Å². The Bertz CT molecular complexity index is 576. The van der Waals surface area contributed by atoms with Crippen LogP contribution in [0.15, 0.2) is 24.5 Å². The molecule has 0 saturated heterocycles. The second kappa shape index (κ2) is 7.43. The molecule has 108 valence electrons. The molecule has 0 unspecified atom stereocenters. The van der Waals surface area contributed by atoms with E-state index in [1.54, 1.807) is 25.4 Å². The van der Waals surface area contributed by atoms with Crippen molar-refractivity contribution >= 4 is 5.97 Å². The Balaban J connectivity index is 0.000000956. The average molecular weight is 275 g/mol. The monoisotopic (exact) mass is 275 g/mol. The summed E-state index contributed by atoms with van der Waals surface area (Å²) >= 11 is 0. The van der Waals surface area contributed by atoms with Crippen molar-refractivity contribution in [2.75, 3.05) is 6.61 Å². The molecule has 2 heterocycles. The maximum absolute atomic E-state index is 11.6. The molecule has 2 aromatic heterocycles. The van der Waals surface area contributed by atoms with Crippen LogP contribution >= 0.6 is 0 Å². The molecular weight excluding hydrogens is 254 g/mol. The highest BCUT2D eigenvalue weighted by molar-refractivity contribution is 5.90. The molecule has 0 saturated carbocycles. The van der Waals surface area contributed by atoms with Crippen molar-refractivity contribution in [3.8, 4) is 11.4 Å². The molecular formula is C15H21N3O2. The molecule has 20 heavy (non-hydrogen) atoms. The zero-order chi connectivity index (χ0) is 15.1. The van der Waals surface area contributed by atoms with Gasteiger partial charge in [0.2, 0.25) is 0 Å². The predicted octanol–water partition coefficient (Wildman–Crippen LogP) is 2.99. The summed E-state index contributed by atoms with van der Waals surface area (Å²) < 4.78 is 6.83. The van der Waals surface area contributed by atoms with Crippen molar-refractivity contribution in [1.82, 2.24) is 14.5 Å². The number of rotatable bonds is 3. The first-order valence-corrected chi connectivity index (χ1v) is 6.75. The normalized spacial score (nSPS) is 9.65. The van der Waals surface area contributed by atoms with Gasteiger partial charge in [-0.15, -0.1) is 0 Å². The Hall–Kier alpha value is -2.17. The molecule has 0 bridgehead atoms. The van der Waals surface area contributed by atoms with Crippen LogP contribution in [0.1, 0.15) is 37.0 Å². The van der Waals surface area contributed by atoms with Crippen LogP contribution in [-0.4, -0.2) is 27.1 Å². The van der Waals surface area contributed by atoms with Gasteiger partial charge in [-0.2, -0.15) is 0 Å². The lowest BCUT2D eigenvalue weighted by atomic mass is 10.2. The fourth-order valence-electron chi connectivity index (χ4n) is 1.74. The third-order valence-corrected chi connectivity index (χ3v) is 2.55. The van der Waals surface area contributed by atoms with Crippen LogP contribution in [0.2, 0.25) is 0 Å². The molecule has 0 atom stereocenters. The summed E-state index contributed by atoms with van der Waals surface area (Å²) in [7, 11) is 1.87. The number of aryl methyl sites for hydroxylation is 2. The molecule has 0 radical (unpaired) electrons. The van der Waals surface area contributed by atoms with Crippen LogP contribution in [-0.2, 0) is 11.8 Å². The molecule has 5 nitrogen and oxygen atoms in total. The van der Waals surface area contributed by atoms with Gasteiger partial charge in [-0.1, -0.05) is 13.8 Å². The number of carbonyl (C=O) groups is 1. The SMILES string of the molecule is CC.CCOC(=O)c1cc(-c2ccnc(C)n2)n(C)c1. The van der Waals surface area contributed by atoms with Crippen LogP contribution in [0.25, 0.3) is 11.4 Å². The van der Waals surface area contributed by atoms with Gasteiger partial charge < -0.3 is 9.30 Å². The van der Waals surface area contributed by atoms with Gasteiger partial charge in [0, 0.05) is 19.4 Å². The third-order valence-electron chi connectivity index (χ3n) is 2.55. The molecule has 0 fully saturated rings. The standard InChI is InChI=1S/C13H15N3O2.C2H6/c1-4-18-13(17)10-7-12(16(3)8-10)11-5-6-14-9(2)15-11;1-2/h5-8H,4H2,1-3H3;1-2H3. The van der Waals surface area contributed by atoms with Crippen molar-refractivity contribution in [2.45, 2.75) is 27.7 Å². The highest BCUT2D eigenvalue weighted by Gasteiger charge is 2.13. The van der Waals surface area contributed by atoms with Gasteiger partial charge >= 0.3 is 5.97 Å². The van der Waals surface area contributed by atoms with E-state index >= 15 is 0 Å². The van der Waals surface area contributed by atoms with Crippen LogP contribution in [0.3, 0.4) is 0 Å². The summed E-state index contributed by atoms with van der Waals surface area (Å²) in [6.45, 7) is 7.99. The molecule has 0 aliphatic heterocycles. The molecule has 0 aliphatic rings. The Morgan fingerprint density at radius 1 is 1.40 bits per heavy atom. The summed E-state index contributed by atoms with van der Waals surface area (Å²) in [4.78, 5) is 20.0. The minimum absolute atomic E-state index is 0.315. The van der Waals surface area contributed by atoms with E-state index in [4.69, 9.17) is 4.74 Å². The van der Waals surface area contributed by atoms with E-state index in [2.05, 4.69) is 9.97 Å². The van der Waals surface area contributed by atoms with Crippen molar-refractivity contribution in [1.29, 1.82) is 0 Å². The van der Waals surface area contributed by atoms with Gasteiger partial charge in [0.05, 0.1) is 23.6 Å². The molecule has 0 aliphatic carbocycles. The number of hydrogen-bond acceptors (Lipinski definition) is 4. The van der Waals surface area contributed by atoms with Crippen molar-refractivity contribution in [3.05, 3.63) is 35.9 Å². The van der Waals surface area contributed by atoms with E-state index in [1.807, 2.05) is 38.5 Å². The largest absolute Gasteiger partial charge is 0.462 e. The number of carbonyl (C=O) groups excluding carboxylic acids is 1. The third kappa shape index (κ3) is 3.66.